The largest absolute Gasteiger partial charge is 0.341 e. The lowest BCUT2D eigenvalue weighted by Crippen LogP contribution is -2.52. The van der Waals surface area contributed by atoms with E-state index in [9.17, 15) is 9.59 Å². The summed E-state index contributed by atoms with van der Waals surface area (Å²) in [6.07, 6.45) is 8.77. The van der Waals surface area contributed by atoms with Gasteiger partial charge in [-0.05, 0) is 80.6 Å². The van der Waals surface area contributed by atoms with Crippen LogP contribution in [0.25, 0.3) is 0 Å². The molecule has 5 nitrogen and oxygen atoms in total. The van der Waals surface area contributed by atoms with Crippen LogP contribution in [0.5, 0.6) is 0 Å². The number of nitrogens with zero attached hydrogens (tertiary/aromatic N) is 3. The van der Waals surface area contributed by atoms with Crippen molar-refractivity contribution in [3.05, 3.63) is 106 Å². The Morgan fingerprint density at radius 1 is 0.767 bits per heavy atom. The van der Waals surface area contributed by atoms with Crippen LogP contribution >= 0.6 is 23.2 Å². The number of hydrogen-bond donors (Lipinski definition) is 0. The first-order valence-electron chi connectivity index (χ1n) is 15.8. The van der Waals surface area contributed by atoms with Gasteiger partial charge in [0.15, 0.2) is 0 Å². The predicted molar refractivity (Wildman–Crippen MR) is 176 cm³/mol. The van der Waals surface area contributed by atoms with E-state index < -0.39 is 0 Å². The molecule has 2 amide bonds. The Labute approximate surface area is 266 Å². The number of amides is 2. The maximum Gasteiger partial charge on any atom is 0.254 e. The molecule has 7 heteroatoms. The highest BCUT2D eigenvalue weighted by atomic mass is 35.5. The van der Waals surface area contributed by atoms with E-state index in [1.807, 2.05) is 90.8 Å². The minimum absolute atomic E-state index is 0.0114. The van der Waals surface area contributed by atoms with E-state index in [1.165, 1.54) is 19.3 Å². The van der Waals surface area contributed by atoms with Gasteiger partial charge in [-0.15, -0.1) is 0 Å². The van der Waals surface area contributed by atoms with Crippen molar-refractivity contribution in [1.29, 1.82) is 0 Å². The summed E-state index contributed by atoms with van der Waals surface area (Å²) in [6.45, 7) is 3.43. The van der Waals surface area contributed by atoms with Crippen molar-refractivity contribution in [3.63, 3.8) is 0 Å². The van der Waals surface area contributed by atoms with Crippen molar-refractivity contribution < 1.29 is 9.59 Å². The Bertz CT molecular complexity index is 1340. The van der Waals surface area contributed by atoms with Crippen LogP contribution in [0.4, 0.5) is 0 Å². The highest BCUT2D eigenvalue weighted by Gasteiger charge is 2.34. The monoisotopic (exact) mass is 619 g/mol. The minimum Gasteiger partial charge on any atom is -0.341 e. The van der Waals surface area contributed by atoms with Gasteiger partial charge in [-0.1, -0.05) is 84.9 Å². The third-order valence-electron chi connectivity index (χ3n) is 9.24. The van der Waals surface area contributed by atoms with E-state index >= 15 is 0 Å². The van der Waals surface area contributed by atoms with Crippen LogP contribution in [0, 0.1) is 0 Å². The summed E-state index contributed by atoms with van der Waals surface area (Å²) in [6, 6.07) is 25.7. The van der Waals surface area contributed by atoms with Crippen molar-refractivity contribution in [2.75, 3.05) is 33.2 Å². The van der Waals surface area contributed by atoms with Gasteiger partial charge in [0.1, 0.15) is 0 Å². The first kappa shape index (κ1) is 31.6. The van der Waals surface area contributed by atoms with Gasteiger partial charge in [-0.25, -0.2) is 0 Å². The van der Waals surface area contributed by atoms with Gasteiger partial charge in [0, 0.05) is 55.8 Å². The summed E-state index contributed by atoms with van der Waals surface area (Å²) in [5.74, 6) is 0.317. The molecular formula is C36H43Cl2N3O2. The molecule has 0 N–H and O–H groups in total. The summed E-state index contributed by atoms with van der Waals surface area (Å²) in [5.41, 5.74) is 2.58. The van der Waals surface area contributed by atoms with Gasteiger partial charge in [0.2, 0.25) is 0 Å². The standard InChI is InChI=1S/C36H43Cl2N3O2/c1-39(35(42)27-11-5-2-6-12-27)26-30(29-17-18-33(37)34(38)25-29)19-22-40-23-20-32(21-24-40)41(31-15-9-4-10-16-31)36(43)28-13-7-3-8-14-28/h2-3,5-8,11-14,17-18,25,30-32H,4,9-10,15-16,19-24,26H2,1H3. The lowest BCUT2D eigenvalue weighted by molar-refractivity contribution is 0.0368. The maximum atomic E-state index is 13.8. The van der Waals surface area contributed by atoms with Crippen molar-refractivity contribution in [1.82, 2.24) is 14.7 Å². The summed E-state index contributed by atoms with van der Waals surface area (Å²) in [7, 11) is 1.87. The van der Waals surface area contributed by atoms with Crippen molar-refractivity contribution >= 4 is 35.0 Å². The molecule has 1 aliphatic heterocycles. The molecular weight excluding hydrogens is 577 g/mol. The van der Waals surface area contributed by atoms with E-state index in [0.29, 0.717) is 28.2 Å². The zero-order valence-electron chi connectivity index (χ0n) is 25.1. The van der Waals surface area contributed by atoms with Crippen molar-refractivity contribution in [3.8, 4) is 0 Å². The first-order valence-corrected chi connectivity index (χ1v) is 16.5. The molecule has 0 spiro atoms. The molecule has 1 saturated carbocycles. The third kappa shape index (κ3) is 8.20. The molecule has 1 atom stereocenters. The third-order valence-corrected chi connectivity index (χ3v) is 9.98. The highest BCUT2D eigenvalue weighted by Crippen LogP contribution is 2.32. The number of rotatable bonds is 10. The zero-order chi connectivity index (χ0) is 30.2. The number of likely N-dealkylation sites (tertiary alicyclic amines) is 1. The summed E-state index contributed by atoms with van der Waals surface area (Å²) in [4.78, 5) is 33.5. The second kappa shape index (κ2) is 15.2. The number of halogens is 2. The molecule has 1 unspecified atom stereocenters. The molecule has 2 aliphatic rings. The highest BCUT2D eigenvalue weighted by molar-refractivity contribution is 6.42. The lowest BCUT2D eigenvalue weighted by Gasteiger charge is -2.44. The molecule has 1 aliphatic carbocycles. The quantitative estimate of drug-likeness (QED) is 0.230. The Morgan fingerprint density at radius 3 is 1.95 bits per heavy atom. The summed E-state index contributed by atoms with van der Waals surface area (Å²) >= 11 is 12.7. The molecule has 0 radical (unpaired) electrons. The van der Waals surface area contributed by atoms with Gasteiger partial charge in [0.05, 0.1) is 10.0 Å². The van der Waals surface area contributed by atoms with Crippen LogP contribution in [-0.2, 0) is 0 Å². The van der Waals surface area contributed by atoms with Gasteiger partial charge in [-0.3, -0.25) is 9.59 Å². The fraction of sp³-hybridized carbons (Fsp3) is 0.444. The SMILES string of the molecule is CN(CC(CCN1CCC(N(C(=O)c2ccccc2)C2CCCCC2)CC1)c1ccc(Cl)c(Cl)c1)C(=O)c1ccccc1. The van der Waals surface area contributed by atoms with E-state index in [0.717, 1.165) is 62.9 Å². The van der Waals surface area contributed by atoms with E-state index in [1.54, 1.807) is 0 Å². The number of benzene rings is 3. The Morgan fingerprint density at radius 2 is 1.35 bits per heavy atom. The molecule has 43 heavy (non-hydrogen) atoms. The van der Waals surface area contributed by atoms with Gasteiger partial charge < -0.3 is 14.7 Å². The average Bonchev–Trinajstić information content (AvgIpc) is 3.06. The fourth-order valence-corrected chi connectivity index (χ4v) is 7.13. The second-order valence-electron chi connectivity index (χ2n) is 12.2. The number of carbonyl (C=O) groups is 2. The number of carbonyl (C=O) groups excluding carboxylic acids is 2. The van der Waals surface area contributed by atoms with Crippen LogP contribution in [0.2, 0.25) is 10.0 Å². The molecule has 5 rings (SSSR count). The van der Waals surface area contributed by atoms with E-state index in [-0.39, 0.29) is 23.8 Å². The molecule has 1 heterocycles. The Kier molecular flexibility index (Phi) is 11.2. The van der Waals surface area contributed by atoms with Crippen LogP contribution in [0.3, 0.4) is 0 Å². The van der Waals surface area contributed by atoms with Crippen molar-refractivity contribution in [2.45, 2.75) is 69.4 Å². The normalized spacial score (nSPS) is 17.4. The summed E-state index contributed by atoms with van der Waals surface area (Å²) < 4.78 is 0. The van der Waals surface area contributed by atoms with Crippen LogP contribution in [-0.4, -0.2) is 71.8 Å². The average molecular weight is 621 g/mol. The maximum absolute atomic E-state index is 13.8. The molecule has 1 saturated heterocycles. The predicted octanol–water partition coefficient (Wildman–Crippen LogP) is 8.18. The molecule has 0 bridgehead atoms. The molecule has 0 aromatic heterocycles. The van der Waals surface area contributed by atoms with E-state index in [4.69, 9.17) is 23.2 Å². The van der Waals surface area contributed by atoms with Crippen LogP contribution in [0.15, 0.2) is 78.9 Å². The van der Waals surface area contributed by atoms with Crippen molar-refractivity contribution in [2.24, 2.45) is 0 Å². The molecule has 3 aromatic carbocycles. The van der Waals surface area contributed by atoms with Gasteiger partial charge in [0.25, 0.3) is 11.8 Å². The van der Waals surface area contributed by atoms with Crippen LogP contribution < -0.4 is 0 Å². The van der Waals surface area contributed by atoms with Gasteiger partial charge >= 0.3 is 0 Å². The van der Waals surface area contributed by atoms with E-state index in [2.05, 4.69) is 9.80 Å². The minimum atomic E-state index is 0.0114. The molecule has 3 aromatic rings. The van der Waals surface area contributed by atoms with Gasteiger partial charge in [-0.2, -0.15) is 0 Å². The second-order valence-corrected chi connectivity index (χ2v) is 13.0. The number of hydrogen-bond acceptors (Lipinski definition) is 3. The first-order chi connectivity index (χ1) is 20.9. The fourth-order valence-electron chi connectivity index (χ4n) is 6.82. The lowest BCUT2D eigenvalue weighted by atomic mass is 9.90. The van der Waals surface area contributed by atoms with Crippen LogP contribution in [0.1, 0.15) is 83.6 Å². The topological polar surface area (TPSA) is 43.9 Å². The molecule has 228 valence electrons. The number of likely N-dealkylation sites (N-methyl/N-ethyl adjacent to an activating group) is 1. The zero-order valence-corrected chi connectivity index (χ0v) is 26.6. The molecule has 2 fully saturated rings. The summed E-state index contributed by atoms with van der Waals surface area (Å²) in [5, 5.41) is 1.07. The smallest absolute Gasteiger partial charge is 0.254 e. The Balaban J connectivity index is 1.24. The number of piperidine rings is 1. The Hall–Kier alpha value is -2.86.